The van der Waals surface area contributed by atoms with E-state index in [9.17, 15) is 9.90 Å². The molecule has 5 nitrogen and oxygen atoms in total. The fourth-order valence-electron chi connectivity index (χ4n) is 2.77. The molecular formula is C14H18N2O3. The van der Waals surface area contributed by atoms with Crippen LogP contribution < -0.4 is 10.2 Å². The zero-order chi connectivity index (χ0) is 13.2. The third kappa shape index (κ3) is 2.51. The molecule has 102 valence electrons. The van der Waals surface area contributed by atoms with Crippen molar-refractivity contribution in [2.24, 2.45) is 5.92 Å². The summed E-state index contributed by atoms with van der Waals surface area (Å²) in [5.41, 5.74) is 0.772. The molecule has 2 aliphatic heterocycles. The van der Waals surface area contributed by atoms with Crippen LogP contribution in [0.25, 0.3) is 0 Å². The monoisotopic (exact) mass is 262 g/mol. The van der Waals surface area contributed by atoms with Gasteiger partial charge in [0.25, 0.3) is 0 Å². The van der Waals surface area contributed by atoms with E-state index in [0.29, 0.717) is 12.5 Å². The van der Waals surface area contributed by atoms with Crippen LogP contribution in [0, 0.1) is 5.92 Å². The minimum absolute atomic E-state index is 0.0332. The summed E-state index contributed by atoms with van der Waals surface area (Å²) >= 11 is 0. The van der Waals surface area contributed by atoms with E-state index >= 15 is 0 Å². The number of phenols is 1. The van der Waals surface area contributed by atoms with Crippen LogP contribution in [0.2, 0.25) is 0 Å². The zero-order valence-corrected chi connectivity index (χ0v) is 10.7. The number of amides is 1. The number of carbonyl (C=O) groups is 1. The molecule has 0 aliphatic carbocycles. The molecule has 2 heterocycles. The Morgan fingerprint density at radius 1 is 1.32 bits per heavy atom. The summed E-state index contributed by atoms with van der Waals surface area (Å²) in [6.45, 7) is 2.57. The van der Waals surface area contributed by atoms with Crippen molar-refractivity contribution in [2.45, 2.75) is 18.9 Å². The number of piperidine rings is 1. The first kappa shape index (κ1) is 12.3. The molecule has 1 aromatic carbocycles. The lowest BCUT2D eigenvalue weighted by atomic mass is 9.94. The number of hydrogen-bond donors (Lipinski definition) is 2. The molecule has 0 spiro atoms. The second-order valence-corrected chi connectivity index (χ2v) is 5.16. The van der Waals surface area contributed by atoms with Crippen LogP contribution in [0.1, 0.15) is 12.8 Å². The standard InChI is InChI=1S/C14H18N2O3/c17-12-5-3-11(4-6-12)16-9-13(19-14(16)18)10-2-1-7-15-8-10/h3-6,10,13,15,17H,1-2,7-9H2. The van der Waals surface area contributed by atoms with E-state index in [-0.39, 0.29) is 17.9 Å². The zero-order valence-electron chi connectivity index (χ0n) is 10.7. The summed E-state index contributed by atoms with van der Waals surface area (Å²) in [4.78, 5) is 13.6. The lowest BCUT2D eigenvalue weighted by Gasteiger charge is -2.26. The lowest BCUT2D eigenvalue weighted by Crippen LogP contribution is -2.38. The fraction of sp³-hybridized carbons (Fsp3) is 0.500. The van der Waals surface area contributed by atoms with Crippen molar-refractivity contribution in [3.8, 4) is 5.75 Å². The number of cyclic esters (lactones) is 1. The van der Waals surface area contributed by atoms with Gasteiger partial charge in [-0.2, -0.15) is 0 Å². The van der Waals surface area contributed by atoms with Crippen LogP contribution in [0.4, 0.5) is 10.5 Å². The molecule has 19 heavy (non-hydrogen) atoms. The topological polar surface area (TPSA) is 61.8 Å². The van der Waals surface area contributed by atoms with Crippen LogP contribution in [0.3, 0.4) is 0 Å². The van der Waals surface area contributed by atoms with Gasteiger partial charge in [-0.05, 0) is 43.7 Å². The van der Waals surface area contributed by atoms with Crippen molar-refractivity contribution >= 4 is 11.8 Å². The molecule has 1 aromatic rings. The third-order valence-corrected chi connectivity index (χ3v) is 3.86. The van der Waals surface area contributed by atoms with Gasteiger partial charge in [0, 0.05) is 18.2 Å². The Labute approximate surface area is 112 Å². The van der Waals surface area contributed by atoms with Crippen LogP contribution in [0.15, 0.2) is 24.3 Å². The van der Waals surface area contributed by atoms with Gasteiger partial charge in [0.2, 0.25) is 0 Å². The molecule has 2 aliphatic rings. The van der Waals surface area contributed by atoms with Crippen molar-refractivity contribution in [3.63, 3.8) is 0 Å². The van der Waals surface area contributed by atoms with Gasteiger partial charge < -0.3 is 15.2 Å². The van der Waals surface area contributed by atoms with Crippen LogP contribution >= 0.6 is 0 Å². The normalized spacial score (nSPS) is 27.4. The van der Waals surface area contributed by atoms with E-state index in [0.717, 1.165) is 31.6 Å². The Bertz CT molecular complexity index is 454. The van der Waals surface area contributed by atoms with Crippen LogP contribution in [-0.4, -0.2) is 36.9 Å². The van der Waals surface area contributed by atoms with E-state index in [2.05, 4.69) is 5.32 Å². The lowest BCUT2D eigenvalue weighted by molar-refractivity contribution is 0.0942. The minimum atomic E-state index is -0.290. The number of benzene rings is 1. The smallest absolute Gasteiger partial charge is 0.414 e. The van der Waals surface area contributed by atoms with Crippen molar-refractivity contribution in [1.29, 1.82) is 0 Å². The fourth-order valence-corrected chi connectivity index (χ4v) is 2.77. The summed E-state index contributed by atoms with van der Waals surface area (Å²) < 4.78 is 5.48. The summed E-state index contributed by atoms with van der Waals surface area (Å²) in [7, 11) is 0. The Kier molecular flexibility index (Phi) is 3.29. The number of aromatic hydroxyl groups is 1. The van der Waals surface area contributed by atoms with Crippen molar-refractivity contribution in [2.75, 3.05) is 24.5 Å². The molecule has 2 atom stereocenters. The second kappa shape index (κ2) is 5.09. The predicted octanol–water partition coefficient (Wildman–Crippen LogP) is 1.72. The molecule has 2 saturated heterocycles. The first-order valence-corrected chi connectivity index (χ1v) is 6.72. The Balaban J connectivity index is 1.70. The molecule has 0 radical (unpaired) electrons. The summed E-state index contributed by atoms with van der Waals surface area (Å²) in [6, 6.07) is 6.63. The number of carbonyl (C=O) groups excluding carboxylic acids is 1. The molecule has 2 unspecified atom stereocenters. The maximum Gasteiger partial charge on any atom is 0.414 e. The minimum Gasteiger partial charge on any atom is -0.508 e. The van der Waals surface area contributed by atoms with Crippen molar-refractivity contribution in [1.82, 2.24) is 5.32 Å². The van der Waals surface area contributed by atoms with Gasteiger partial charge in [-0.15, -0.1) is 0 Å². The van der Waals surface area contributed by atoms with Crippen molar-refractivity contribution in [3.05, 3.63) is 24.3 Å². The molecule has 0 aromatic heterocycles. The molecule has 1 amide bonds. The van der Waals surface area contributed by atoms with E-state index in [1.54, 1.807) is 29.2 Å². The van der Waals surface area contributed by atoms with E-state index in [1.807, 2.05) is 0 Å². The van der Waals surface area contributed by atoms with Gasteiger partial charge in [0.15, 0.2) is 0 Å². The highest BCUT2D eigenvalue weighted by atomic mass is 16.6. The number of anilines is 1. The molecule has 0 saturated carbocycles. The molecule has 0 bridgehead atoms. The average molecular weight is 262 g/mol. The maximum atomic E-state index is 11.9. The van der Waals surface area contributed by atoms with E-state index in [4.69, 9.17) is 4.74 Å². The van der Waals surface area contributed by atoms with E-state index in [1.165, 1.54) is 0 Å². The Morgan fingerprint density at radius 2 is 2.11 bits per heavy atom. The quantitative estimate of drug-likeness (QED) is 0.852. The van der Waals surface area contributed by atoms with Crippen LogP contribution in [0.5, 0.6) is 5.75 Å². The first-order valence-electron chi connectivity index (χ1n) is 6.72. The molecule has 2 fully saturated rings. The van der Waals surface area contributed by atoms with E-state index < -0.39 is 0 Å². The number of phenolic OH excluding ortho intramolecular Hbond substituents is 1. The highest BCUT2D eigenvalue weighted by Gasteiger charge is 2.37. The third-order valence-electron chi connectivity index (χ3n) is 3.86. The van der Waals surface area contributed by atoms with Crippen molar-refractivity contribution < 1.29 is 14.6 Å². The van der Waals surface area contributed by atoms with Gasteiger partial charge in [-0.1, -0.05) is 0 Å². The van der Waals surface area contributed by atoms with Gasteiger partial charge >= 0.3 is 6.09 Å². The summed E-state index contributed by atoms with van der Waals surface area (Å²) in [6.07, 6.45) is 1.92. The largest absolute Gasteiger partial charge is 0.508 e. The number of hydrogen-bond acceptors (Lipinski definition) is 4. The Morgan fingerprint density at radius 3 is 2.79 bits per heavy atom. The number of rotatable bonds is 2. The molecule has 2 N–H and O–H groups in total. The molecule has 3 rings (SSSR count). The number of nitrogens with zero attached hydrogens (tertiary/aromatic N) is 1. The second-order valence-electron chi connectivity index (χ2n) is 5.16. The van der Waals surface area contributed by atoms with Gasteiger partial charge in [0.05, 0.1) is 6.54 Å². The number of nitrogens with one attached hydrogen (secondary N) is 1. The Hall–Kier alpha value is -1.75. The van der Waals surface area contributed by atoms with Gasteiger partial charge in [-0.3, -0.25) is 4.90 Å². The summed E-state index contributed by atoms with van der Waals surface area (Å²) in [5, 5.41) is 12.6. The van der Waals surface area contributed by atoms with Crippen LogP contribution in [-0.2, 0) is 4.74 Å². The highest BCUT2D eigenvalue weighted by Crippen LogP contribution is 2.28. The highest BCUT2D eigenvalue weighted by molar-refractivity contribution is 5.89. The predicted molar refractivity (Wildman–Crippen MR) is 71.3 cm³/mol. The summed E-state index contributed by atoms with van der Waals surface area (Å²) in [5.74, 6) is 0.601. The van der Waals surface area contributed by atoms with Gasteiger partial charge in [-0.25, -0.2) is 4.79 Å². The molecular weight excluding hydrogens is 244 g/mol. The first-order chi connectivity index (χ1) is 9.24. The SMILES string of the molecule is O=C1OC(C2CCCNC2)CN1c1ccc(O)cc1. The molecule has 5 heteroatoms. The maximum absolute atomic E-state index is 11.9. The van der Waals surface area contributed by atoms with Gasteiger partial charge in [0.1, 0.15) is 11.9 Å². The number of ether oxygens (including phenoxy) is 1. The average Bonchev–Trinajstić information content (AvgIpc) is 2.83.